The SMILES string of the molecule is O=C(NCc1ccccc1)c1coc(CN(Cc2ccc(Cl)c(Cl)c2)C2CC2)n1. The Bertz CT molecular complexity index is 987. The average Bonchev–Trinajstić information content (AvgIpc) is 3.48. The van der Waals surface area contributed by atoms with Crippen molar-refractivity contribution in [3.05, 3.63) is 87.6 Å². The molecule has 0 unspecified atom stereocenters. The van der Waals surface area contributed by atoms with E-state index in [-0.39, 0.29) is 5.91 Å². The monoisotopic (exact) mass is 429 g/mol. The molecule has 7 heteroatoms. The molecular formula is C22H21Cl2N3O2. The Hall–Kier alpha value is -2.34. The van der Waals surface area contributed by atoms with E-state index in [0.29, 0.717) is 40.8 Å². The van der Waals surface area contributed by atoms with Gasteiger partial charge < -0.3 is 9.73 Å². The number of amides is 1. The van der Waals surface area contributed by atoms with Crippen LogP contribution in [-0.4, -0.2) is 21.8 Å². The average molecular weight is 430 g/mol. The van der Waals surface area contributed by atoms with Crippen LogP contribution in [0.25, 0.3) is 0 Å². The lowest BCUT2D eigenvalue weighted by Crippen LogP contribution is -2.26. The molecule has 1 saturated carbocycles. The zero-order valence-electron chi connectivity index (χ0n) is 15.8. The first-order chi connectivity index (χ1) is 14.1. The largest absolute Gasteiger partial charge is 0.447 e. The zero-order chi connectivity index (χ0) is 20.2. The third-order valence-corrected chi connectivity index (χ3v) is 5.59. The molecule has 1 aliphatic rings. The maximum absolute atomic E-state index is 12.3. The molecule has 1 fully saturated rings. The fourth-order valence-corrected chi connectivity index (χ4v) is 3.48. The van der Waals surface area contributed by atoms with E-state index in [4.69, 9.17) is 27.6 Å². The van der Waals surface area contributed by atoms with Gasteiger partial charge >= 0.3 is 0 Å². The molecule has 0 saturated heterocycles. The minimum Gasteiger partial charge on any atom is -0.447 e. The van der Waals surface area contributed by atoms with Crippen molar-refractivity contribution in [2.24, 2.45) is 0 Å². The number of hydrogen-bond donors (Lipinski definition) is 1. The Morgan fingerprint density at radius 3 is 2.59 bits per heavy atom. The molecule has 4 rings (SSSR count). The summed E-state index contributed by atoms with van der Waals surface area (Å²) in [5.74, 6) is 0.285. The van der Waals surface area contributed by atoms with Crippen molar-refractivity contribution in [3.63, 3.8) is 0 Å². The van der Waals surface area contributed by atoms with Crippen LogP contribution in [0, 0.1) is 0 Å². The van der Waals surface area contributed by atoms with Crippen molar-refractivity contribution in [2.75, 3.05) is 0 Å². The van der Waals surface area contributed by atoms with Crippen LogP contribution in [0.2, 0.25) is 10.0 Å². The van der Waals surface area contributed by atoms with Crippen molar-refractivity contribution >= 4 is 29.1 Å². The standard InChI is InChI=1S/C22H21Cl2N3O2/c23-18-9-6-16(10-19(18)24)12-27(17-7-8-17)13-21-26-20(14-29-21)22(28)25-11-15-4-2-1-3-5-15/h1-6,9-10,14,17H,7-8,11-13H2,(H,25,28). The molecule has 1 heterocycles. The summed E-state index contributed by atoms with van der Waals surface area (Å²) >= 11 is 12.1. The van der Waals surface area contributed by atoms with Crippen molar-refractivity contribution in [3.8, 4) is 0 Å². The first-order valence-electron chi connectivity index (χ1n) is 9.53. The highest BCUT2D eigenvalue weighted by Gasteiger charge is 2.30. The topological polar surface area (TPSA) is 58.4 Å². The van der Waals surface area contributed by atoms with Crippen LogP contribution in [0.5, 0.6) is 0 Å². The number of aromatic nitrogens is 1. The van der Waals surface area contributed by atoms with Crippen LogP contribution < -0.4 is 5.32 Å². The van der Waals surface area contributed by atoms with E-state index in [1.165, 1.54) is 6.26 Å². The van der Waals surface area contributed by atoms with Gasteiger partial charge in [-0.05, 0) is 36.1 Å². The van der Waals surface area contributed by atoms with Gasteiger partial charge in [0.05, 0.1) is 16.6 Å². The molecule has 29 heavy (non-hydrogen) atoms. The van der Waals surface area contributed by atoms with Crippen molar-refractivity contribution in [1.82, 2.24) is 15.2 Å². The van der Waals surface area contributed by atoms with E-state index in [1.807, 2.05) is 48.5 Å². The number of hydrogen-bond acceptors (Lipinski definition) is 4. The molecule has 1 amide bonds. The van der Waals surface area contributed by atoms with Crippen LogP contribution in [0.4, 0.5) is 0 Å². The molecule has 150 valence electrons. The Labute approximate surface area is 179 Å². The minimum atomic E-state index is -0.244. The Kier molecular flexibility index (Phi) is 6.19. The predicted molar refractivity (Wildman–Crippen MR) is 113 cm³/mol. The predicted octanol–water partition coefficient (Wildman–Crippen LogP) is 5.08. The highest BCUT2D eigenvalue weighted by molar-refractivity contribution is 6.42. The van der Waals surface area contributed by atoms with Crippen LogP contribution >= 0.6 is 23.2 Å². The zero-order valence-corrected chi connectivity index (χ0v) is 17.3. The molecule has 1 N–H and O–H groups in total. The summed E-state index contributed by atoms with van der Waals surface area (Å²) in [5.41, 5.74) is 2.41. The minimum absolute atomic E-state index is 0.244. The number of halogens is 2. The van der Waals surface area contributed by atoms with Crippen molar-refractivity contribution in [2.45, 2.75) is 38.5 Å². The third kappa shape index (κ3) is 5.38. The van der Waals surface area contributed by atoms with E-state index < -0.39 is 0 Å². The fourth-order valence-electron chi connectivity index (χ4n) is 3.16. The first kappa shape index (κ1) is 20.0. The van der Waals surface area contributed by atoms with Gasteiger partial charge in [0.1, 0.15) is 6.26 Å². The van der Waals surface area contributed by atoms with Crippen molar-refractivity contribution in [1.29, 1.82) is 0 Å². The molecule has 1 aromatic heterocycles. The van der Waals surface area contributed by atoms with Gasteiger partial charge in [0.2, 0.25) is 5.89 Å². The van der Waals surface area contributed by atoms with Crippen LogP contribution in [0.3, 0.4) is 0 Å². The van der Waals surface area contributed by atoms with Gasteiger partial charge in [-0.15, -0.1) is 0 Å². The van der Waals surface area contributed by atoms with Gasteiger partial charge in [-0.3, -0.25) is 9.69 Å². The van der Waals surface area contributed by atoms with Gasteiger partial charge in [0.15, 0.2) is 5.69 Å². The summed E-state index contributed by atoms with van der Waals surface area (Å²) in [6, 6.07) is 15.9. The second-order valence-electron chi connectivity index (χ2n) is 7.18. The number of carbonyl (C=O) groups excluding carboxylic acids is 1. The molecule has 0 aliphatic heterocycles. The summed E-state index contributed by atoms with van der Waals surface area (Å²) in [6.07, 6.45) is 3.71. The lowest BCUT2D eigenvalue weighted by molar-refractivity contribution is 0.0945. The molecule has 0 bridgehead atoms. The summed E-state index contributed by atoms with van der Waals surface area (Å²) < 4.78 is 5.57. The van der Waals surface area contributed by atoms with E-state index in [2.05, 4.69) is 15.2 Å². The summed E-state index contributed by atoms with van der Waals surface area (Å²) in [4.78, 5) is 19.0. The van der Waals surface area contributed by atoms with Gasteiger partial charge in [0, 0.05) is 19.1 Å². The second kappa shape index (κ2) is 8.99. The quantitative estimate of drug-likeness (QED) is 0.542. The van der Waals surface area contributed by atoms with E-state index in [0.717, 1.165) is 30.5 Å². The Balaban J connectivity index is 1.37. The molecule has 1 aliphatic carbocycles. The molecule has 2 aromatic carbocycles. The number of rotatable bonds is 8. The maximum atomic E-state index is 12.3. The molecule has 0 spiro atoms. The van der Waals surface area contributed by atoms with Gasteiger partial charge in [-0.2, -0.15) is 0 Å². The van der Waals surface area contributed by atoms with Crippen LogP contribution in [0.1, 0.15) is 40.3 Å². The number of nitrogens with zero attached hydrogens (tertiary/aromatic N) is 2. The highest BCUT2D eigenvalue weighted by Crippen LogP contribution is 2.31. The fraction of sp³-hybridized carbons (Fsp3) is 0.273. The third-order valence-electron chi connectivity index (χ3n) is 4.85. The van der Waals surface area contributed by atoms with Gasteiger partial charge in [0.25, 0.3) is 5.91 Å². The number of benzene rings is 2. The highest BCUT2D eigenvalue weighted by atomic mass is 35.5. The van der Waals surface area contributed by atoms with E-state index in [9.17, 15) is 4.79 Å². The Morgan fingerprint density at radius 1 is 1.07 bits per heavy atom. The normalized spacial score (nSPS) is 13.6. The summed E-state index contributed by atoms with van der Waals surface area (Å²) in [7, 11) is 0. The lowest BCUT2D eigenvalue weighted by Gasteiger charge is -2.20. The summed E-state index contributed by atoms with van der Waals surface area (Å²) in [5, 5.41) is 3.96. The maximum Gasteiger partial charge on any atom is 0.273 e. The molecular weight excluding hydrogens is 409 g/mol. The molecule has 0 atom stereocenters. The lowest BCUT2D eigenvalue weighted by atomic mass is 10.2. The van der Waals surface area contributed by atoms with E-state index >= 15 is 0 Å². The first-order valence-corrected chi connectivity index (χ1v) is 10.3. The number of carbonyl (C=O) groups is 1. The molecule has 5 nitrogen and oxygen atoms in total. The smallest absolute Gasteiger partial charge is 0.273 e. The number of oxazole rings is 1. The number of nitrogens with one attached hydrogen (secondary N) is 1. The Morgan fingerprint density at radius 2 is 1.86 bits per heavy atom. The summed E-state index contributed by atoms with van der Waals surface area (Å²) in [6.45, 7) is 1.71. The van der Waals surface area contributed by atoms with E-state index in [1.54, 1.807) is 0 Å². The van der Waals surface area contributed by atoms with Crippen LogP contribution in [-0.2, 0) is 19.6 Å². The van der Waals surface area contributed by atoms with Gasteiger partial charge in [-0.1, -0.05) is 59.6 Å². The second-order valence-corrected chi connectivity index (χ2v) is 7.99. The molecule has 0 radical (unpaired) electrons. The van der Waals surface area contributed by atoms with Crippen molar-refractivity contribution < 1.29 is 9.21 Å². The molecule has 3 aromatic rings. The van der Waals surface area contributed by atoms with Crippen LogP contribution in [0.15, 0.2) is 59.2 Å². The van der Waals surface area contributed by atoms with Gasteiger partial charge in [-0.25, -0.2) is 4.98 Å².